The molecule has 0 radical (unpaired) electrons. The molecule has 0 fully saturated rings. The number of rotatable bonds is 5. The quantitative estimate of drug-likeness (QED) is 0.887. The van der Waals surface area contributed by atoms with E-state index in [1.165, 1.54) is 5.56 Å². The molecule has 0 aromatic carbocycles. The Labute approximate surface area is 106 Å². The number of hydrogen-bond donors (Lipinski definition) is 1. The van der Waals surface area contributed by atoms with E-state index in [4.69, 9.17) is 10.2 Å². The van der Waals surface area contributed by atoms with Gasteiger partial charge in [-0.3, -0.25) is 4.90 Å². The number of nitrogens with zero attached hydrogens (tertiary/aromatic N) is 1. The highest BCUT2D eigenvalue weighted by molar-refractivity contribution is 7.07. The van der Waals surface area contributed by atoms with Gasteiger partial charge in [0.05, 0.1) is 18.8 Å². The lowest BCUT2D eigenvalue weighted by molar-refractivity contribution is 0.196. The molecule has 0 spiro atoms. The van der Waals surface area contributed by atoms with E-state index in [0.29, 0.717) is 0 Å². The van der Waals surface area contributed by atoms with Crippen LogP contribution >= 0.6 is 11.3 Å². The Morgan fingerprint density at radius 2 is 2.29 bits per heavy atom. The summed E-state index contributed by atoms with van der Waals surface area (Å²) < 4.78 is 5.37. The normalized spacial score (nSPS) is 15.1. The molecule has 0 saturated carbocycles. The second-order valence-electron chi connectivity index (χ2n) is 4.36. The summed E-state index contributed by atoms with van der Waals surface area (Å²) in [6.07, 6.45) is 1.70. The molecule has 0 saturated heterocycles. The Hall–Kier alpha value is -1.10. The molecule has 3 nitrogen and oxygen atoms in total. The van der Waals surface area contributed by atoms with Gasteiger partial charge in [0, 0.05) is 6.04 Å². The van der Waals surface area contributed by atoms with Gasteiger partial charge in [-0.15, -0.1) is 0 Å². The lowest BCUT2D eigenvalue weighted by atomic mass is 10.0. The van der Waals surface area contributed by atoms with Crippen molar-refractivity contribution in [1.29, 1.82) is 0 Å². The Kier molecular flexibility index (Phi) is 3.99. The van der Waals surface area contributed by atoms with Crippen LogP contribution in [0.25, 0.3) is 0 Å². The van der Waals surface area contributed by atoms with Crippen molar-refractivity contribution in [3.63, 3.8) is 0 Å². The predicted octanol–water partition coefficient (Wildman–Crippen LogP) is 2.86. The van der Waals surface area contributed by atoms with E-state index in [2.05, 4.69) is 28.8 Å². The summed E-state index contributed by atoms with van der Waals surface area (Å²) in [5.41, 5.74) is 7.37. The van der Waals surface area contributed by atoms with Gasteiger partial charge >= 0.3 is 0 Å². The summed E-state index contributed by atoms with van der Waals surface area (Å²) in [5, 5.41) is 4.25. The van der Waals surface area contributed by atoms with Gasteiger partial charge in [0.1, 0.15) is 5.76 Å². The van der Waals surface area contributed by atoms with Crippen molar-refractivity contribution >= 4 is 11.3 Å². The molecule has 2 heterocycles. The minimum Gasteiger partial charge on any atom is -0.468 e. The van der Waals surface area contributed by atoms with Gasteiger partial charge < -0.3 is 10.2 Å². The Morgan fingerprint density at radius 1 is 1.47 bits per heavy atom. The SMILES string of the molecule is CC(N)C(c1ccsc1)N(C)Cc1ccco1. The molecular formula is C13H18N2OS. The van der Waals surface area contributed by atoms with Crippen LogP contribution in [0.1, 0.15) is 24.3 Å². The van der Waals surface area contributed by atoms with Crippen LogP contribution in [0.2, 0.25) is 0 Å². The molecule has 0 aliphatic heterocycles. The molecule has 92 valence electrons. The zero-order valence-electron chi connectivity index (χ0n) is 10.2. The topological polar surface area (TPSA) is 42.4 Å². The first-order valence-electron chi connectivity index (χ1n) is 5.69. The van der Waals surface area contributed by atoms with E-state index in [-0.39, 0.29) is 12.1 Å². The maximum absolute atomic E-state index is 6.09. The Bertz CT molecular complexity index is 422. The van der Waals surface area contributed by atoms with Gasteiger partial charge in [-0.1, -0.05) is 0 Å². The van der Waals surface area contributed by atoms with Crippen LogP contribution in [0.5, 0.6) is 0 Å². The minimum absolute atomic E-state index is 0.0876. The van der Waals surface area contributed by atoms with Crippen LogP contribution in [0.15, 0.2) is 39.6 Å². The average molecular weight is 250 g/mol. The highest BCUT2D eigenvalue weighted by Gasteiger charge is 2.22. The highest BCUT2D eigenvalue weighted by atomic mass is 32.1. The van der Waals surface area contributed by atoms with E-state index >= 15 is 0 Å². The monoisotopic (exact) mass is 250 g/mol. The van der Waals surface area contributed by atoms with Crippen LogP contribution in [-0.2, 0) is 6.54 Å². The summed E-state index contributed by atoms with van der Waals surface area (Å²) >= 11 is 1.71. The smallest absolute Gasteiger partial charge is 0.117 e. The summed E-state index contributed by atoms with van der Waals surface area (Å²) in [4.78, 5) is 2.23. The molecule has 0 amide bonds. The standard InChI is InChI=1S/C13H18N2OS/c1-10(14)13(11-5-7-17-9-11)15(2)8-12-4-3-6-16-12/h3-7,9-10,13H,8,14H2,1-2H3. The third-order valence-corrected chi connectivity index (χ3v) is 3.54. The molecule has 2 atom stereocenters. The second kappa shape index (κ2) is 5.49. The van der Waals surface area contributed by atoms with Crippen molar-refractivity contribution in [1.82, 2.24) is 4.90 Å². The molecule has 2 N–H and O–H groups in total. The van der Waals surface area contributed by atoms with E-state index < -0.39 is 0 Å². The minimum atomic E-state index is 0.0876. The predicted molar refractivity (Wildman–Crippen MR) is 70.9 cm³/mol. The maximum atomic E-state index is 6.09. The van der Waals surface area contributed by atoms with E-state index in [9.17, 15) is 0 Å². The van der Waals surface area contributed by atoms with Crippen molar-refractivity contribution in [2.75, 3.05) is 7.05 Å². The lowest BCUT2D eigenvalue weighted by Gasteiger charge is -2.30. The van der Waals surface area contributed by atoms with Gasteiger partial charge in [-0.25, -0.2) is 0 Å². The summed E-state index contributed by atoms with van der Waals surface area (Å²) in [5.74, 6) is 0.966. The fraction of sp³-hybridized carbons (Fsp3) is 0.385. The molecule has 2 aromatic rings. The van der Waals surface area contributed by atoms with Crippen LogP contribution in [-0.4, -0.2) is 18.0 Å². The maximum Gasteiger partial charge on any atom is 0.117 e. The van der Waals surface area contributed by atoms with Crippen LogP contribution < -0.4 is 5.73 Å². The van der Waals surface area contributed by atoms with Gasteiger partial charge in [0.2, 0.25) is 0 Å². The summed E-state index contributed by atoms with van der Waals surface area (Å²) in [6.45, 7) is 2.82. The number of thiophene rings is 1. The Balaban J connectivity index is 2.11. The van der Waals surface area contributed by atoms with Gasteiger partial charge in [0.15, 0.2) is 0 Å². The van der Waals surface area contributed by atoms with Gasteiger partial charge in [-0.05, 0) is 48.5 Å². The third-order valence-electron chi connectivity index (χ3n) is 2.84. The zero-order chi connectivity index (χ0) is 12.3. The molecule has 2 rings (SSSR count). The molecule has 0 aliphatic carbocycles. The van der Waals surface area contributed by atoms with E-state index in [1.54, 1.807) is 17.6 Å². The van der Waals surface area contributed by atoms with Crippen molar-refractivity contribution in [3.05, 3.63) is 46.5 Å². The molecule has 4 heteroatoms. The van der Waals surface area contributed by atoms with Gasteiger partial charge in [-0.2, -0.15) is 11.3 Å². The van der Waals surface area contributed by atoms with Crippen LogP contribution in [0.4, 0.5) is 0 Å². The van der Waals surface area contributed by atoms with Gasteiger partial charge in [0.25, 0.3) is 0 Å². The fourth-order valence-corrected chi connectivity index (χ4v) is 2.84. The first-order valence-corrected chi connectivity index (χ1v) is 6.63. The second-order valence-corrected chi connectivity index (χ2v) is 5.14. The average Bonchev–Trinajstić information content (AvgIpc) is 2.89. The molecular weight excluding hydrogens is 232 g/mol. The summed E-state index contributed by atoms with van der Waals surface area (Å²) in [7, 11) is 2.08. The lowest BCUT2D eigenvalue weighted by Crippen LogP contribution is -2.36. The number of nitrogens with two attached hydrogens (primary N) is 1. The van der Waals surface area contributed by atoms with Crippen LogP contribution in [0.3, 0.4) is 0 Å². The van der Waals surface area contributed by atoms with Crippen molar-refractivity contribution in [2.45, 2.75) is 25.6 Å². The largest absolute Gasteiger partial charge is 0.468 e. The first kappa shape index (κ1) is 12.4. The van der Waals surface area contributed by atoms with Crippen molar-refractivity contribution in [3.8, 4) is 0 Å². The Morgan fingerprint density at radius 3 is 2.82 bits per heavy atom. The molecule has 0 bridgehead atoms. The molecule has 0 aliphatic rings. The first-order chi connectivity index (χ1) is 8.18. The van der Waals surface area contributed by atoms with Crippen molar-refractivity contribution < 1.29 is 4.42 Å². The third kappa shape index (κ3) is 2.97. The van der Waals surface area contributed by atoms with Crippen LogP contribution in [0, 0.1) is 0 Å². The summed E-state index contributed by atoms with van der Waals surface area (Å²) in [6, 6.07) is 6.35. The zero-order valence-corrected chi connectivity index (χ0v) is 11.0. The van der Waals surface area contributed by atoms with Crippen molar-refractivity contribution in [2.24, 2.45) is 5.73 Å². The molecule has 2 aromatic heterocycles. The van der Waals surface area contributed by atoms with E-state index in [1.807, 2.05) is 19.1 Å². The fourth-order valence-electron chi connectivity index (χ4n) is 2.15. The molecule has 17 heavy (non-hydrogen) atoms. The number of hydrogen-bond acceptors (Lipinski definition) is 4. The highest BCUT2D eigenvalue weighted by Crippen LogP contribution is 2.25. The molecule has 2 unspecified atom stereocenters. The number of likely N-dealkylation sites (N-methyl/N-ethyl adjacent to an activating group) is 1. The van der Waals surface area contributed by atoms with E-state index in [0.717, 1.165) is 12.3 Å². The number of furan rings is 1.